The van der Waals surface area contributed by atoms with Crippen LogP contribution in [0.4, 0.5) is 0 Å². The van der Waals surface area contributed by atoms with Crippen molar-refractivity contribution in [3.63, 3.8) is 0 Å². The molecule has 2 rings (SSSR count). The zero-order valence-electron chi connectivity index (χ0n) is 12.6. The molecule has 0 aliphatic rings. The first kappa shape index (κ1) is 18.0. The zero-order valence-corrected chi connectivity index (χ0v) is 14.9. The van der Waals surface area contributed by atoms with Crippen molar-refractivity contribution in [2.75, 3.05) is 13.2 Å². The number of hydrogen-bond acceptors (Lipinski definition) is 4. The van der Waals surface area contributed by atoms with Gasteiger partial charge in [0.15, 0.2) is 6.61 Å². The molecule has 0 unspecified atom stereocenters. The highest BCUT2D eigenvalue weighted by Crippen LogP contribution is 2.27. The smallest absolute Gasteiger partial charge is 0.344 e. The molecule has 0 radical (unpaired) electrons. The molecular weight excluding hydrogens is 355 g/mol. The number of benzene rings is 2. The van der Waals surface area contributed by atoms with Crippen molar-refractivity contribution in [3.05, 3.63) is 58.1 Å². The van der Waals surface area contributed by atoms with E-state index < -0.39 is 0 Å². The SMILES string of the molecule is CCOC(=O)COc1ccc(SCc2cc(Cl)cc(Cl)c2)cc1. The van der Waals surface area contributed by atoms with Gasteiger partial charge >= 0.3 is 5.97 Å². The molecule has 0 fully saturated rings. The summed E-state index contributed by atoms with van der Waals surface area (Å²) < 4.78 is 10.2. The molecule has 2 aromatic carbocycles. The van der Waals surface area contributed by atoms with Crippen molar-refractivity contribution in [1.29, 1.82) is 0 Å². The minimum absolute atomic E-state index is 0.0820. The molecule has 0 saturated heterocycles. The molecule has 0 heterocycles. The van der Waals surface area contributed by atoms with Gasteiger partial charge in [0.1, 0.15) is 5.75 Å². The number of carbonyl (C=O) groups excluding carboxylic acids is 1. The second-order valence-electron chi connectivity index (χ2n) is 4.63. The molecule has 6 heteroatoms. The van der Waals surface area contributed by atoms with Gasteiger partial charge in [-0.15, -0.1) is 11.8 Å². The summed E-state index contributed by atoms with van der Waals surface area (Å²) in [6.45, 7) is 2.03. The van der Waals surface area contributed by atoms with E-state index in [1.165, 1.54) is 0 Å². The molecule has 2 aromatic rings. The summed E-state index contributed by atoms with van der Waals surface area (Å²) in [5.41, 5.74) is 1.06. The van der Waals surface area contributed by atoms with Crippen LogP contribution in [-0.2, 0) is 15.3 Å². The third-order valence-electron chi connectivity index (χ3n) is 2.81. The molecule has 23 heavy (non-hydrogen) atoms. The highest BCUT2D eigenvalue weighted by atomic mass is 35.5. The van der Waals surface area contributed by atoms with Crippen LogP contribution < -0.4 is 4.74 Å². The van der Waals surface area contributed by atoms with E-state index in [0.717, 1.165) is 16.2 Å². The van der Waals surface area contributed by atoms with Gasteiger partial charge in [-0.2, -0.15) is 0 Å². The lowest BCUT2D eigenvalue weighted by Gasteiger charge is -2.07. The van der Waals surface area contributed by atoms with Gasteiger partial charge in [-0.25, -0.2) is 4.79 Å². The highest BCUT2D eigenvalue weighted by molar-refractivity contribution is 7.98. The predicted molar refractivity (Wildman–Crippen MR) is 94.6 cm³/mol. The zero-order chi connectivity index (χ0) is 16.7. The third-order valence-corrected chi connectivity index (χ3v) is 4.33. The molecule has 0 spiro atoms. The largest absolute Gasteiger partial charge is 0.482 e. The van der Waals surface area contributed by atoms with Crippen LogP contribution in [0.15, 0.2) is 47.4 Å². The lowest BCUT2D eigenvalue weighted by atomic mass is 10.2. The van der Waals surface area contributed by atoms with Gasteiger partial charge in [-0.05, 0) is 55.0 Å². The van der Waals surface area contributed by atoms with E-state index in [-0.39, 0.29) is 12.6 Å². The number of esters is 1. The number of thioether (sulfide) groups is 1. The standard InChI is InChI=1S/C17H16Cl2O3S/c1-2-21-17(20)10-22-15-3-5-16(6-4-15)23-11-12-7-13(18)9-14(19)8-12/h3-9H,2,10-11H2,1H3. The van der Waals surface area contributed by atoms with E-state index in [0.29, 0.717) is 22.4 Å². The summed E-state index contributed by atoms with van der Waals surface area (Å²) in [5.74, 6) is 1.03. The van der Waals surface area contributed by atoms with Crippen LogP contribution in [0.3, 0.4) is 0 Å². The first-order valence-electron chi connectivity index (χ1n) is 7.03. The Kier molecular flexibility index (Phi) is 7.09. The number of hydrogen-bond donors (Lipinski definition) is 0. The van der Waals surface area contributed by atoms with Gasteiger partial charge in [0, 0.05) is 20.7 Å². The molecule has 3 nitrogen and oxygen atoms in total. The van der Waals surface area contributed by atoms with E-state index in [4.69, 9.17) is 32.7 Å². The maximum atomic E-state index is 11.2. The lowest BCUT2D eigenvalue weighted by Crippen LogP contribution is -2.14. The number of halogens is 2. The Balaban J connectivity index is 1.86. The third kappa shape index (κ3) is 6.34. The lowest BCUT2D eigenvalue weighted by molar-refractivity contribution is -0.145. The maximum Gasteiger partial charge on any atom is 0.344 e. The second-order valence-corrected chi connectivity index (χ2v) is 6.55. The van der Waals surface area contributed by atoms with Crippen molar-refractivity contribution in [2.45, 2.75) is 17.6 Å². The molecule has 0 aromatic heterocycles. The van der Waals surface area contributed by atoms with Crippen LogP contribution in [0.25, 0.3) is 0 Å². The number of ether oxygens (including phenoxy) is 2. The van der Waals surface area contributed by atoms with Gasteiger partial charge in [-0.1, -0.05) is 23.2 Å². The Hall–Kier alpha value is -1.36. The molecule has 0 aliphatic heterocycles. The highest BCUT2D eigenvalue weighted by Gasteiger charge is 2.04. The minimum atomic E-state index is -0.371. The van der Waals surface area contributed by atoms with Crippen molar-refractivity contribution in [2.24, 2.45) is 0 Å². The Labute approximate surface area is 149 Å². The van der Waals surface area contributed by atoms with Crippen LogP contribution in [0.5, 0.6) is 5.75 Å². The minimum Gasteiger partial charge on any atom is -0.482 e. The predicted octanol–water partition coefficient (Wildman–Crippen LogP) is 5.23. The van der Waals surface area contributed by atoms with E-state index in [1.54, 1.807) is 24.8 Å². The molecule has 0 atom stereocenters. The van der Waals surface area contributed by atoms with Crippen LogP contribution in [-0.4, -0.2) is 19.2 Å². The van der Waals surface area contributed by atoms with Gasteiger partial charge in [0.2, 0.25) is 0 Å². The average molecular weight is 371 g/mol. The van der Waals surface area contributed by atoms with Crippen LogP contribution >= 0.6 is 35.0 Å². The fraction of sp³-hybridized carbons (Fsp3) is 0.235. The Morgan fingerprint density at radius 1 is 1.09 bits per heavy atom. The fourth-order valence-electron chi connectivity index (χ4n) is 1.84. The van der Waals surface area contributed by atoms with Crippen LogP contribution in [0.2, 0.25) is 10.0 Å². The summed E-state index contributed by atoms with van der Waals surface area (Å²) in [4.78, 5) is 12.3. The second kappa shape index (κ2) is 9.06. The van der Waals surface area contributed by atoms with Gasteiger partial charge < -0.3 is 9.47 Å². The monoisotopic (exact) mass is 370 g/mol. The molecule has 0 saturated carbocycles. The Morgan fingerprint density at radius 2 is 1.74 bits per heavy atom. The first-order chi connectivity index (χ1) is 11.1. The molecular formula is C17H16Cl2O3S. The first-order valence-corrected chi connectivity index (χ1v) is 8.77. The summed E-state index contributed by atoms with van der Waals surface area (Å²) in [5, 5.41) is 1.27. The molecule has 0 aliphatic carbocycles. The normalized spacial score (nSPS) is 10.4. The van der Waals surface area contributed by atoms with Crippen molar-refractivity contribution in [3.8, 4) is 5.75 Å². The van der Waals surface area contributed by atoms with E-state index >= 15 is 0 Å². The number of rotatable bonds is 7. The molecule has 0 amide bonds. The average Bonchev–Trinajstić information content (AvgIpc) is 2.51. The summed E-state index contributed by atoms with van der Waals surface area (Å²) in [6.07, 6.45) is 0. The summed E-state index contributed by atoms with van der Waals surface area (Å²) in [6, 6.07) is 13.1. The van der Waals surface area contributed by atoms with Crippen molar-refractivity contribution >= 4 is 40.9 Å². The van der Waals surface area contributed by atoms with Gasteiger partial charge in [-0.3, -0.25) is 0 Å². The summed E-state index contributed by atoms with van der Waals surface area (Å²) in [7, 11) is 0. The van der Waals surface area contributed by atoms with Gasteiger partial charge in [0.05, 0.1) is 6.61 Å². The van der Waals surface area contributed by atoms with Gasteiger partial charge in [0.25, 0.3) is 0 Å². The van der Waals surface area contributed by atoms with Crippen molar-refractivity contribution < 1.29 is 14.3 Å². The van der Waals surface area contributed by atoms with E-state index in [9.17, 15) is 4.79 Å². The topological polar surface area (TPSA) is 35.5 Å². The fourth-order valence-corrected chi connectivity index (χ4v) is 3.24. The molecule has 0 N–H and O–H groups in total. The Bertz CT molecular complexity index is 639. The quantitative estimate of drug-likeness (QED) is 0.493. The van der Waals surface area contributed by atoms with E-state index in [1.807, 2.05) is 36.4 Å². The number of carbonyl (C=O) groups is 1. The molecule has 0 bridgehead atoms. The Morgan fingerprint density at radius 3 is 2.35 bits per heavy atom. The summed E-state index contributed by atoms with van der Waals surface area (Å²) >= 11 is 13.6. The maximum absolute atomic E-state index is 11.2. The van der Waals surface area contributed by atoms with E-state index in [2.05, 4.69) is 0 Å². The van der Waals surface area contributed by atoms with Crippen LogP contribution in [0.1, 0.15) is 12.5 Å². The van der Waals surface area contributed by atoms with Crippen molar-refractivity contribution in [1.82, 2.24) is 0 Å². The molecule has 122 valence electrons. The van der Waals surface area contributed by atoms with Crippen LogP contribution in [0, 0.1) is 0 Å².